The monoisotopic (exact) mass is 257 g/mol. The first kappa shape index (κ1) is 14.3. The summed E-state index contributed by atoms with van der Waals surface area (Å²) in [6.07, 6.45) is 0. The Balaban J connectivity index is 2.60. The van der Waals surface area contributed by atoms with E-state index in [1.54, 1.807) is 6.07 Å². The summed E-state index contributed by atoms with van der Waals surface area (Å²) < 4.78 is 12.9. The van der Waals surface area contributed by atoms with Crippen LogP contribution in [0.3, 0.4) is 0 Å². The molecule has 17 heavy (non-hydrogen) atoms. The van der Waals surface area contributed by atoms with Gasteiger partial charge in [-0.25, -0.2) is 4.39 Å². The predicted molar refractivity (Wildman–Crippen MR) is 72.1 cm³/mol. The molecule has 4 heteroatoms. The van der Waals surface area contributed by atoms with E-state index in [-0.39, 0.29) is 11.8 Å². The SMILES string of the molecule is CCSCC(C)NC(C)c1ccc(F)cc1O. The number of hydrogen-bond donors (Lipinski definition) is 2. The zero-order valence-electron chi connectivity index (χ0n) is 10.5. The Morgan fingerprint density at radius 3 is 2.71 bits per heavy atom. The zero-order valence-corrected chi connectivity index (χ0v) is 11.4. The third-order valence-electron chi connectivity index (χ3n) is 2.57. The first-order valence-corrected chi connectivity index (χ1v) is 7.02. The molecule has 0 saturated heterocycles. The van der Waals surface area contributed by atoms with Crippen LogP contribution in [0.1, 0.15) is 32.4 Å². The van der Waals surface area contributed by atoms with Gasteiger partial charge in [-0.2, -0.15) is 11.8 Å². The van der Waals surface area contributed by atoms with E-state index in [9.17, 15) is 9.50 Å². The summed E-state index contributed by atoms with van der Waals surface area (Å²) in [5.41, 5.74) is 0.736. The van der Waals surface area contributed by atoms with Gasteiger partial charge in [-0.05, 0) is 25.7 Å². The van der Waals surface area contributed by atoms with Crippen LogP contribution in [-0.2, 0) is 0 Å². The second-order valence-corrected chi connectivity index (χ2v) is 5.47. The number of hydrogen-bond acceptors (Lipinski definition) is 3. The third-order valence-corrected chi connectivity index (χ3v) is 3.71. The van der Waals surface area contributed by atoms with Crippen molar-refractivity contribution >= 4 is 11.8 Å². The normalized spacial score (nSPS) is 14.6. The lowest BCUT2D eigenvalue weighted by Crippen LogP contribution is -2.31. The lowest BCUT2D eigenvalue weighted by atomic mass is 10.1. The quantitative estimate of drug-likeness (QED) is 0.820. The predicted octanol–water partition coefficient (Wildman–Crippen LogP) is 3.32. The Labute approximate surface area is 107 Å². The molecule has 0 heterocycles. The number of phenols is 1. The van der Waals surface area contributed by atoms with Crippen molar-refractivity contribution < 1.29 is 9.50 Å². The van der Waals surface area contributed by atoms with Crippen LogP contribution in [-0.4, -0.2) is 22.7 Å². The molecule has 2 atom stereocenters. The molecule has 0 amide bonds. The van der Waals surface area contributed by atoms with E-state index >= 15 is 0 Å². The van der Waals surface area contributed by atoms with Gasteiger partial charge < -0.3 is 10.4 Å². The lowest BCUT2D eigenvalue weighted by molar-refractivity contribution is 0.438. The Bertz CT molecular complexity index is 359. The van der Waals surface area contributed by atoms with E-state index in [2.05, 4.69) is 19.2 Å². The number of rotatable bonds is 6. The van der Waals surface area contributed by atoms with Crippen molar-refractivity contribution in [2.75, 3.05) is 11.5 Å². The van der Waals surface area contributed by atoms with Crippen molar-refractivity contribution in [2.24, 2.45) is 0 Å². The van der Waals surface area contributed by atoms with Gasteiger partial charge in [0.2, 0.25) is 0 Å². The summed E-state index contributed by atoms with van der Waals surface area (Å²) in [6, 6.07) is 4.53. The Kier molecular flexibility index (Phi) is 5.78. The van der Waals surface area contributed by atoms with Gasteiger partial charge in [0.25, 0.3) is 0 Å². The second kappa shape index (κ2) is 6.87. The summed E-state index contributed by atoms with van der Waals surface area (Å²) in [4.78, 5) is 0. The van der Waals surface area contributed by atoms with Crippen molar-refractivity contribution in [1.82, 2.24) is 5.32 Å². The maximum atomic E-state index is 12.9. The van der Waals surface area contributed by atoms with E-state index in [4.69, 9.17) is 0 Å². The van der Waals surface area contributed by atoms with Gasteiger partial charge in [0.1, 0.15) is 11.6 Å². The van der Waals surface area contributed by atoms with Crippen molar-refractivity contribution in [3.8, 4) is 5.75 Å². The molecule has 2 nitrogen and oxygen atoms in total. The molecule has 2 unspecified atom stereocenters. The third kappa shape index (κ3) is 4.56. The molecule has 0 aliphatic rings. The number of thioether (sulfide) groups is 1. The average Bonchev–Trinajstić information content (AvgIpc) is 2.26. The second-order valence-electron chi connectivity index (χ2n) is 4.15. The number of phenolic OH excluding ortho intramolecular Hbond substituents is 1. The van der Waals surface area contributed by atoms with Gasteiger partial charge in [0.05, 0.1) is 0 Å². The molecule has 0 aliphatic carbocycles. The highest BCUT2D eigenvalue weighted by Gasteiger charge is 2.13. The highest BCUT2D eigenvalue weighted by atomic mass is 32.2. The molecule has 2 N–H and O–H groups in total. The van der Waals surface area contributed by atoms with Crippen LogP contribution < -0.4 is 5.32 Å². The van der Waals surface area contributed by atoms with Gasteiger partial charge in [0, 0.05) is 29.5 Å². The van der Waals surface area contributed by atoms with Gasteiger partial charge in [0.15, 0.2) is 0 Å². The summed E-state index contributed by atoms with van der Waals surface area (Å²) in [6.45, 7) is 6.21. The fourth-order valence-corrected chi connectivity index (χ4v) is 2.43. The summed E-state index contributed by atoms with van der Waals surface area (Å²) >= 11 is 1.88. The molecule has 0 radical (unpaired) electrons. The fraction of sp³-hybridized carbons (Fsp3) is 0.538. The highest BCUT2D eigenvalue weighted by molar-refractivity contribution is 7.99. The van der Waals surface area contributed by atoms with Crippen LogP contribution in [0.5, 0.6) is 5.75 Å². The minimum absolute atomic E-state index is 0.0142. The highest BCUT2D eigenvalue weighted by Crippen LogP contribution is 2.25. The largest absolute Gasteiger partial charge is 0.508 e. The Hall–Kier alpha value is -0.740. The molecule has 0 aliphatic heterocycles. The first-order valence-electron chi connectivity index (χ1n) is 5.86. The minimum atomic E-state index is -0.409. The van der Waals surface area contributed by atoms with Gasteiger partial charge in [-0.3, -0.25) is 0 Å². The van der Waals surface area contributed by atoms with Crippen molar-refractivity contribution in [2.45, 2.75) is 32.9 Å². The molecule has 0 spiro atoms. The minimum Gasteiger partial charge on any atom is -0.508 e. The van der Waals surface area contributed by atoms with E-state index < -0.39 is 5.82 Å². The number of aromatic hydroxyl groups is 1. The topological polar surface area (TPSA) is 32.3 Å². The van der Waals surface area contributed by atoms with E-state index in [0.29, 0.717) is 6.04 Å². The van der Waals surface area contributed by atoms with E-state index in [0.717, 1.165) is 23.1 Å². The smallest absolute Gasteiger partial charge is 0.126 e. The number of benzene rings is 1. The zero-order chi connectivity index (χ0) is 12.8. The van der Waals surface area contributed by atoms with Crippen molar-refractivity contribution in [3.05, 3.63) is 29.6 Å². The summed E-state index contributed by atoms with van der Waals surface area (Å²) in [5, 5.41) is 13.1. The molecular formula is C13H20FNOS. The maximum absolute atomic E-state index is 12.9. The standard InChI is InChI=1S/C13H20FNOS/c1-4-17-8-9(2)15-10(3)12-6-5-11(14)7-13(12)16/h5-7,9-10,15-16H,4,8H2,1-3H3. The number of halogens is 1. The van der Waals surface area contributed by atoms with E-state index in [1.807, 2.05) is 18.7 Å². The molecule has 0 aromatic heterocycles. The first-order chi connectivity index (χ1) is 8.04. The molecule has 1 aromatic carbocycles. The van der Waals surface area contributed by atoms with E-state index in [1.165, 1.54) is 6.07 Å². The molecule has 1 aromatic rings. The number of nitrogens with one attached hydrogen (secondary N) is 1. The molecule has 96 valence electrons. The Morgan fingerprint density at radius 1 is 1.41 bits per heavy atom. The van der Waals surface area contributed by atoms with Gasteiger partial charge in [-0.1, -0.05) is 13.0 Å². The van der Waals surface area contributed by atoms with Crippen LogP contribution in [0, 0.1) is 5.82 Å². The summed E-state index contributed by atoms with van der Waals surface area (Å²) in [5.74, 6) is 1.73. The van der Waals surface area contributed by atoms with Gasteiger partial charge in [-0.15, -0.1) is 0 Å². The maximum Gasteiger partial charge on any atom is 0.126 e. The molecular weight excluding hydrogens is 237 g/mol. The fourth-order valence-electron chi connectivity index (χ4n) is 1.74. The van der Waals surface area contributed by atoms with Crippen molar-refractivity contribution in [3.63, 3.8) is 0 Å². The van der Waals surface area contributed by atoms with Crippen LogP contribution in [0.4, 0.5) is 4.39 Å². The Morgan fingerprint density at radius 2 is 2.12 bits per heavy atom. The van der Waals surface area contributed by atoms with Crippen LogP contribution >= 0.6 is 11.8 Å². The van der Waals surface area contributed by atoms with Crippen LogP contribution in [0.15, 0.2) is 18.2 Å². The molecule has 0 bridgehead atoms. The van der Waals surface area contributed by atoms with Crippen LogP contribution in [0.25, 0.3) is 0 Å². The summed E-state index contributed by atoms with van der Waals surface area (Å²) in [7, 11) is 0. The van der Waals surface area contributed by atoms with Crippen LogP contribution in [0.2, 0.25) is 0 Å². The molecule has 0 fully saturated rings. The molecule has 1 rings (SSSR count). The lowest BCUT2D eigenvalue weighted by Gasteiger charge is -2.20. The van der Waals surface area contributed by atoms with Crippen molar-refractivity contribution in [1.29, 1.82) is 0 Å². The van der Waals surface area contributed by atoms with Gasteiger partial charge >= 0.3 is 0 Å². The molecule has 0 saturated carbocycles. The average molecular weight is 257 g/mol.